The SMILES string of the molecule is Cc1cc(CN)ccc1CN(CC(N)=O)CC(N)=O. The first-order chi connectivity index (χ1) is 8.92. The zero-order valence-corrected chi connectivity index (χ0v) is 11.1. The van der Waals surface area contributed by atoms with E-state index in [1.54, 1.807) is 4.90 Å². The molecule has 6 N–H and O–H groups in total. The first-order valence-corrected chi connectivity index (χ1v) is 5.99. The molecule has 0 radical (unpaired) electrons. The highest BCUT2D eigenvalue weighted by Crippen LogP contribution is 2.13. The van der Waals surface area contributed by atoms with Crippen LogP contribution in [0, 0.1) is 6.92 Å². The van der Waals surface area contributed by atoms with Gasteiger partial charge in [0.05, 0.1) is 13.1 Å². The summed E-state index contributed by atoms with van der Waals surface area (Å²) >= 11 is 0. The number of carbonyl (C=O) groups is 2. The second kappa shape index (κ2) is 6.86. The van der Waals surface area contributed by atoms with Gasteiger partial charge < -0.3 is 17.2 Å². The average molecular weight is 264 g/mol. The Labute approximate surface area is 112 Å². The van der Waals surface area contributed by atoms with Crippen molar-refractivity contribution >= 4 is 11.8 Å². The Morgan fingerprint density at radius 1 is 1.16 bits per heavy atom. The summed E-state index contributed by atoms with van der Waals surface area (Å²) in [5, 5.41) is 0. The van der Waals surface area contributed by atoms with Gasteiger partial charge in [0, 0.05) is 13.1 Å². The second-order valence-electron chi connectivity index (χ2n) is 4.54. The van der Waals surface area contributed by atoms with Gasteiger partial charge in [-0.3, -0.25) is 14.5 Å². The number of aryl methyl sites for hydroxylation is 1. The smallest absolute Gasteiger partial charge is 0.231 e. The van der Waals surface area contributed by atoms with Crippen LogP contribution in [0.3, 0.4) is 0 Å². The molecule has 104 valence electrons. The van der Waals surface area contributed by atoms with Crippen LogP contribution in [0.25, 0.3) is 0 Å². The third-order valence-electron chi connectivity index (χ3n) is 2.80. The van der Waals surface area contributed by atoms with Gasteiger partial charge in [-0.05, 0) is 23.6 Å². The fourth-order valence-electron chi connectivity index (χ4n) is 1.91. The van der Waals surface area contributed by atoms with Crippen LogP contribution in [0.15, 0.2) is 18.2 Å². The van der Waals surface area contributed by atoms with E-state index < -0.39 is 11.8 Å². The number of hydrogen-bond donors (Lipinski definition) is 3. The largest absolute Gasteiger partial charge is 0.369 e. The third-order valence-corrected chi connectivity index (χ3v) is 2.80. The minimum atomic E-state index is -0.488. The highest BCUT2D eigenvalue weighted by molar-refractivity contribution is 5.79. The van der Waals surface area contributed by atoms with Crippen molar-refractivity contribution in [2.24, 2.45) is 17.2 Å². The number of rotatable bonds is 7. The predicted octanol–water partition coefficient (Wildman–Crippen LogP) is -0.774. The molecule has 1 rings (SSSR count). The Bertz CT molecular complexity index is 458. The molecule has 0 atom stereocenters. The van der Waals surface area contributed by atoms with Crippen molar-refractivity contribution in [3.8, 4) is 0 Å². The standard InChI is InChI=1S/C13H20N4O2/c1-9-4-10(5-14)2-3-11(9)6-17(7-12(15)18)8-13(16)19/h2-4H,5-8,14H2,1H3,(H2,15,18)(H2,16,19). The molecule has 0 aliphatic rings. The molecule has 1 aromatic rings. The molecule has 0 saturated heterocycles. The summed E-state index contributed by atoms with van der Waals surface area (Å²) in [6, 6.07) is 5.85. The van der Waals surface area contributed by atoms with Gasteiger partial charge in [0.25, 0.3) is 0 Å². The van der Waals surface area contributed by atoms with Gasteiger partial charge in [-0.1, -0.05) is 18.2 Å². The molecule has 1 aromatic carbocycles. The van der Waals surface area contributed by atoms with Crippen LogP contribution in [-0.4, -0.2) is 29.8 Å². The van der Waals surface area contributed by atoms with Crippen LogP contribution >= 0.6 is 0 Å². The summed E-state index contributed by atoms with van der Waals surface area (Å²) in [6.45, 7) is 2.89. The van der Waals surface area contributed by atoms with Crippen LogP contribution < -0.4 is 17.2 Å². The summed E-state index contributed by atoms with van der Waals surface area (Å²) in [5.41, 5.74) is 19.0. The molecule has 0 spiro atoms. The number of nitrogens with zero attached hydrogens (tertiary/aromatic N) is 1. The van der Waals surface area contributed by atoms with Gasteiger partial charge >= 0.3 is 0 Å². The summed E-state index contributed by atoms with van der Waals surface area (Å²) < 4.78 is 0. The lowest BCUT2D eigenvalue weighted by molar-refractivity contribution is -0.122. The quantitative estimate of drug-likeness (QED) is 0.599. The number of amides is 2. The zero-order valence-electron chi connectivity index (χ0n) is 11.1. The summed E-state index contributed by atoms with van der Waals surface area (Å²) in [7, 11) is 0. The molecular formula is C13H20N4O2. The van der Waals surface area contributed by atoms with E-state index in [0.717, 1.165) is 16.7 Å². The van der Waals surface area contributed by atoms with Crippen LogP contribution in [-0.2, 0) is 22.7 Å². The molecular weight excluding hydrogens is 244 g/mol. The van der Waals surface area contributed by atoms with E-state index in [0.29, 0.717) is 13.1 Å². The molecule has 0 aliphatic heterocycles. The van der Waals surface area contributed by atoms with Crippen molar-refractivity contribution in [1.29, 1.82) is 0 Å². The molecule has 0 heterocycles. The molecule has 0 fully saturated rings. The Hall–Kier alpha value is -1.92. The lowest BCUT2D eigenvalue weighted by Gasteiger charge is -2.20. The van der Waals surface area contributed by atoms with Crippen molar-refractivity contribution in [2.45, 2.75) is 20.0 Å². The predicted molar refractivity (Wildman–Crippen MR) is 72.7 cm³/mol. The third kappa shape index (κ3) is 5.07. The number of benzene rings is 1. The minimum absolute atomic E-state index is 0.00101. The number of carbonyl (C=O) groups excluding carboxylic acids is 2. The molecule has 6 nitrogen and oxygen atoms in total. The Balaban J connectivity index is 2.83. The fourth-order valence-corrected chi connectivity index (χ4v) is 1.91. The maximum Gasteiger partial charge on any atom is 0.231 e. The Morgan fingerprint density at radius 3 is 2.16 bits per heavy atom. The van der Waals surface area contributed by atoms with Crippen LogP contribution in [0.1, 0.15) is 16.7 Å². The molecule has 2 amide bonds. The van der Waals surface area contributed by atoms with Crippen molar-refractivity contribution in [1.82, 2.24) is 4.90 Å². The van der Waals surface area contributed by atoms with Gasteiger partial charge in [0.15, 0.2) is 0 Å². The monoisotopic (exact) mass is 264 g/mol. The molecule has 0 aromatic heterocycles. The van der Waals surface area contributed by atoms with Crippen LogP contribution in [0.2, 0.25) is 0 Å². The molecule has 0 bridgehead atoms. The molecule has 0 unspecified atom stereocenters. The first kappa shape index (κ1) is 15.1. The van der Waals surface area contributed by atoms with E-state index in [2.05, 4.69) is 0 Å². The number of nitrogens with two attached hydrogens (primary N) is 3. The Kier molecular flexibility index (Phi) is 5.47. The van der Waals surface area contributed by atoms with E-state index in [-0.39, 0.29) is 13.1 Å². The van der Waals surface area contributed by atoms with Gasteiger partial charge in [0.1, 0.15) is 0 Å². The zero-order chi connectivity index (χ0) is 14.4. The van der Waals surface area contributed by atoms with E-state index >= 15 is 0 Å². The minimum Gasteiger partial charge on any atom is -0.369 e. The highest BCUT2D eigenvalue weighted by Gasteiger charge is 2.13. The van der Waals surface area contributed by atoms with Crippen LogP contribution in [0.4, 0.5) is 0 Å². The van der Waals surface area contributed by atoms with Crippen molar-refractivity contribution < 1.29 is 9.59 Å². The van der Waals surface area contributed by atoms with Gasteiger partial charge in [-0.15, -0.1) is 0 Å². The molecule has 0 aliphatic carbocycles. The fraction of sp³-hybridized carbons (Fsp3) is 0.385. The van der Waals surface area contributed by atoms with Gasteiger partial charge in [-0.25, -0.2) is 0 Å². The van der Waals surface area contributed by atoms with Gasteiger partial charge in [0.2, 0.25) is 11.8 Å². The van der Waals surface area contributed by atoms with E-state index in [1.807, 2.05) is 25.1 Å². The highest BCUT2D eigenvalue weighted by atomic mass is 16.2. The maximum absolute atomic E-state index is 11.0. The maximum atomic E-state index is 11.0. The molecule has 19 heavy (non-hydrogen) atoms. The molecule has 0 saturated carbocycles. The van der Waals surface area contributed by atoms with Gasteiger partial charge in [-0.2, -0.15) is 0 Å². The normalized spacial score (nSPS) is 10.7. The first-order valence-electron chi connectivity index (χ1n) is 5.99. The van der Waals surface area contributed by atoms with Crippen molar-refractivity contribution in [3.63, 3.8) is 0 Å². The summed E-state index contributed by atoms with van der Waals surface area (Å²) in [4.78, 5) is 23.6. The summed E-state index contributed by atoms with van der Waals surface area (Å²) in [5.74, 6) is -0.977. The van der Waals surface area contributed by atoms with Crippen LogP contribution in [0.5, 0.6) is 0 Å². The lowest BCUT2D eigenvalue weighted by Crippen LogP contribution is -2.39. The van der Waals surface area contributed by atoms with Crippen molar-refractivity contribution in [2.75, 3.05) is 13.1 Å². The number of primary amides is 2. The average Bonchev–Trinajstić information content (AvgIpc) is 2.30. The topological polar surface area (TPSA) is 115 Å². The molecule has 6 heteroatoms. The second-order valence-corrected chi connectivity index (χ2v) is 4.54. The Morgan fingerprint density at radius 2 is 1.74 bits per heavy atom. The van der Waals surface area contributed by atoms with Crippen molar-refractivity contribution in [3.05, 3.63) is 34.9 Å². The van der Waals surface area contributed by atoms with E-state index in [4.69, 9.17) is 17.2 Å². The van der Waals surface area contributed by atoms with E-state index in [9.17, 15) is 9.59 Å². The summed E-state index contributed by atoms with van der Waals surface area (Å²) in [6.07, 6.45) is 0. The van der Waals surface area contributed by atoms with E-state index in [1.165, 1.54) is 0 Å². The number of hydrogen-bond acceptors (Lipinski definition) is 4. The lowest BCUT2D eigenvalue weighted by atomic mass is 10.0.